The van der Waals surface area contributed by atoms with Gasteiger partial charge in [-0.25, -0.2) is 8.42 Å². The lowest BCUT2D eigenvalue weighted by Crippen LogP contribution is -2.52. The van der Waals surface area contributed by atoms with Gasteiger partial charge in [0.25, 0.3) is 10.0 Å². The summed E-state index contributed by atoms with van der Waals surface area (Å²) in [7, 11) is -4.28. The summed E-state index contributed by atoms with van der Waals surface area (Å²) in [5.74, 6) is -2.63. The van der Waals surface area contributed by atoms with Crippen LogP contribution in [0.15, 0.2) is 70.9 Å². The van der Waals surface area contributed by atoms with Crippen LogP contribution < -0.4 is 4.72 Å². The smallest absolute Gasteiger partial charge is 0.325 e. The molecule has 0 spiro atoms. The van der Waals surface area contributed by atoms with Crippen LogP contribution in [0.2, 0.25) is 5.02 Å². The molecule has 1 heterocycles. The van der Waals surface area contributed by atoms with E-state index in [4.69, 9.17) is 11.6 Å². The molecule has 2 aromatic carbocycles. The molecule has 1 aliphatic carbocycles. The van der Waals surface area contributed by atoms with E-state index in [1.807, 2.05) is 0 Å². The molecule has 4 rings (SSSR count). The molecule has 178 valence electrons. The molecule has 3 atom stereocenters. The number of aliphatic carboxylic acids is 2. The number of sulfonamides is 1. The molecular formula is C23H20ClNO6S3. The van der Waals surface area contributed by atoms with Crippen molar-refractivity contribution in [3.05, 3.63) is 77.3 Å². The van der Waals surface area contributed by atoms with Crippen molar-refractivity contribution in [2.45, 2.75) is 26.8 Å². The number of thiophene rings is 1. The van der Waals surface area contributed by atoms with Crippen molar-refractivity contribution in [1.29, 1.82) is 0 Å². The maximum atomic E-state index is 13.4. The molecule has 3 aromatic rings. The van der Waals surface area contributed by atoms with Gasteiger partial charge >= 0.3 is 11.9 Å². The molecule has 0 amide bonds. The van der Waals surface area contributed by atoms with E-state index in [0.29, 0.717) is 15.5 Å². The molecule has 7 nitrogen and oxygen atoms in total. The van der Waals surface area contributed by atoms with Gasteiger partial charge in [0.15, 0.2) is 0 Å². The third-order valence-electron chi connectivity index (χ3n) is 6.03. The Labute approximate surface area is 209 Å². The molecule has 1 aromatic heterocycles. The third kappa shape index (κ3) is 4.03. The van der Waals surface area contributed by atoms with Crippen molar-refractivity contribution in [2.75, 3.05) is 6.26 Å². The number of rotatable bonds is 9. The average molecular weight is 538 g/mol. The lowest BCUT2D eigenvalue weighted by molar-refractivity contribution is -0.141. The van der Waals surface area contributed by atoms with E-state index in [9.17, 15) is 28.2 Å². The van der Waals surface area contributed by atoms with Crippen LogP contribution >= 0.6 is 34.7 Å². The third-order valence-corrected chi connectivity index (χ3v) is 10.5. The fourth-order valence-electron chi connectivity index (χ4n) is 4.39. The van der Waals surface area contributed by atoms with Gasteiger partial charge in [-0.3, -0.25) is 9.59 Å². The summed E-state index contributed by atoms with van der Waals surface area (Å²) in [6.45, 7) is 0. The summed E-state index contributed by atoms with van der Waals surface area (Å²) in [5.41, 5.74) is -2.25. The highest BCUT2D eigenvalue weighted by Crippen LogP contribution is 2.63. The van der Waals surface area contributed by atoms with Gasteiger partial charge in [-0.1, -0.05) is 54.1 Å². The predicted octanol–water partition coefficient (Wildman–Crippen LogP) is 4.33. The number of carbonyl (C=O) groups is 2. The SMILES string of the molecule is CSC(C(=O)O)[C@@]1(c2ccccc2)C[C@]1(NS(=O)(=O)c1ccc(-c2ccc(Cl)cc2)s1)C(=O)O. The highest BCUT2D eigenvalue weighted by atomic mass is 35.5. The van der Waals surface area contributed by atoms with Gasteiger partial charge in [0, 0.05) is 9.90 Å². The Balaban J connectivity index is 1.75. The maximum Gasteiger partial charge on any atom is 0.325 e. The maximum absolute atomic E-state index is 13.4. The number of halogens is 1. The number of thioether (sulfide) groups is 1. The van der Waals surface area contributed by atoms with Crippen molar-refractivity contribution in [2.24, 2.45) is 0 Å². The van der Waals surface area contributed by atoms with Gasteiger partial charge in [-0.15, -0.1) is 23.1 Å². The Morgan fingerprint density at radius 1 is 1.06 bits per heavy atom. The van der Waals surface area contributed by atoms with Crippen molar-refractivity contribution < 1.29 is 28.2 Å². The lowest BCUT2D eigenvalue weighted by atomic mass is 9.87. The van der Waals surface area contributed by atoms with Gasteiger partial charge in [0.05, 0.1) is 5.41 Å². The van der Waals surface area contributed by atoms with Crippen LogP contribution in [-0.2, 0) is 25.0 Å². The summed E-state index contributed by atoms with van der Waals surface area (Å²) in [5, 5.41) is 19.5. The molecule has 1 fully saturated rings. The fourth-order valence-corrected chi connectivity index (χ4v) is 8.26. The number of benzene rings is 2. The highest BCUT2D eigenvalue weighted by Gasteiger charge is 2.79. The topological polar surface area (TPSA) is 121 Å². The van der Waals surface area contributed by atoms with E-state index < -0.39 is 38.2 Å². The first-order valence-corrected chi connectivity index (χ1v) is 14.0. The molecule has 34 heavy (non-hydrogen) atoms. The molecule has 11 heteroatoms. The first-order chi connectivity index (χ1) is 16.1. The summed E-state index contributed by atoms with van der Waals surface area (Å²) in [6, 6.07) is 18.3. The second-order valence-corrected chi connectivity index (χ2v) is 12.3. The van der Waals surface area contributed by atoms with Crippen LogP contribution in [0.3, 0.4) is 0 Å². The molecule has 1 saturated carbocycles. The van der Waals surface area contributed by atoms with E-state index in [-0.39, 0.29) is 10.6 Å². The summed E-state index contributed by atoms with van der Waals surface area (Å²) in [4.78, 5) is 25.3. The number of hydrogen-bond donors (Lipinski definition) is 3. The minimum atomic E-state index is -4.28. The van der Waals surface area contributed by atoms with Gasteiger partial charge < -0.3 is 10.2 Å². The van der Waals surface area contributed by atoms with E-state index in [0.717, 1.165) is 28.7 Å². The Morgan fingerprint density at radius 2 is 1.71 bits per heavy atom. The normalized spacial score (nSPS) is 22.8. The highest BCUT2D eigenvalue weighted by molar-refractivity contribution is 8.00. The molecule has 3 N–H and O–H groups in total. The number of nitrogens with one attached hydrogen (secondary N) is 1. The molecular weight excluding hydrogens is 518 g/mol. The van der Waals surface area contributed by atoms with Crippen molar-refractivity contribution in [3.63, 3.8) is 0 Å². The van der Waals surface area contributed by atoms with E-state index in [1.54, 1.807) is 66.9 Å². The van der Waals surface area contributed by atoms with Crippen LogP contribution in [0.5, 0.6) is 0 Å². The largest absolute Gasteiger partial charge is 0.480 e. The number of carboxylic acid groups (broad SMARTS) is 2. The summed E-state index contributed by atoms with van der Waals surface area (Å²) in [6.07, 6.45) is 1.38. The van der Waals surface area contributed by atoms with Gasteiger partial charge in [0.1, 0.15) is 15.0 Å². The first-order valence-electron chi connectivity index (χ1n) is 10.0. The van der Waals surface area contributed by atoms with Crippen LogP contribution in [0.1, 0.15) is 12.0 Å². The zero-order valence-corrected chi connectivity index (χ0v) is 21.0. The molecule has 0 saturated heterocycles. The molecule has 0 radical (unpaired) electrons. The Morgan fingerprint density at radius 3 is 2.26 bits per heavy atom. The van der Waals surface area contributed by atoms with Crippen LogP contribution in [0.4, 0.5) is 0 Å². The molecule has 1 unspecified atom stereocenters. The van der Waals surface area contributed by atoms with Crippen LogP contribution in [0.25, 0.3) is 10.4 Å². The van der Waals surface area contributed by atoms with Crippen molar-refractivity contribution >= 4 is 56.7 Å². The monoisotopic (exact) mass is 537 g/mol. The minimum absolute atomic E-state index is 0.0667. The van der Waals surface area contributed by atoms with Crippen molar-refractivity contribution in [3.8, 4) is 10.4 Å². The lowest BCUT2D eigenvalue weighted by Gasteiger charge is -2.28. The molecule has 1 aliphatic rings. The zero-order chi connectivity index (χ0) is 24.7. The Bertz CT molecular complexity index is 1340. The van der Waals surface area contributed by atoms with Gasteiger partial charge in [-0.05, 0) is 48.1 Å². The second kappa shape index (κ2) is 9.01. The van der Waals surface area contributed by atoms with Crippen LogP contribution in [-0.4, -0.2) is 47.6 Å². The predicted molar refractivity (Wildman–Crippen MR) is 133 cm³/mol. The van der Waals surface area contributed by atoms with Crippen molar-refractivity contribution in [1.82, 2.24) is 4.72 Å². The van der Waals surface area contributed by atoms with E-state index in [2.05, 4.69) is 4.72 Å². The quantitative estimate of drug-likeness (QED) is 0.371. The zero-order valence-electron chi connectivity index (χ0n) is 17.8. The average Bonchev–Trinajstić information content (AvgIpc) is 3.18. The van der Waals surface area contributed by atoms with Gasteiger partial charge in [-0.2, -0.15) is 4.72 Å². The molecule has 0 bridgehead atoms. The Hall–Kier alpha value is -2.37. The summed E-state index contributed by atoms with van der Waals surface area (Å²) < 4.78 is 29.0. The number of carboxylic acids is 2. The molecule has 0 aliphatic heterocycles. The minimum Gasteiger partial charge on any atom is -0.480 e. The fraction of sp³-hybridized carbons (Fsp3) is 0.217. The Kier molecular flexibility index (Phi) is 6.56. The number of hydrogen-bond acceptors (Lipinski definition) is 6. The van der Waals surface area contributed by atoms with Crippen LogP contribution in [0, 0.1) is 0 Å². The van der Waals surface area contributed by atoms with Gasteiger partial charge in [0.2, 0.25) is 0 Å². The standard InChI is InChI=1S/C23H20ClNO6S3/c1-32-19(20(26)27)22(15-5-3-2-4-6-15)13-23(22,21(28)29)25-34(30,31)18-12-11-17(33-18)14-7-9-16(24)10-8-14/h2-12,19,25H,13H2,1H3,(H,26,27)(H,28,29)/t19?,22-,23-/m0/s1. The van der Waals surface area contributed by atoms with E-state index >= 15 is 0 Å². The second-order valence-electron chi connectivity index (χ2n) is 7.91. The summed E-state index contributed by atoms with van der Waals surface area (Å²) >= 11 is 7.89. The van der Waals surface area contributed by atoms with E-state index in [1.165, 1.54) is 6.07 Å². The first kappa shape index (κ1) is 24.7.